The second kappa shape index (κ2) is 11.3. The molecule has 1 aliphatic carbocycles. The van der Waals surface area contributed by atoms with Gasteiger partial charge in [0.1, 0.15) is 0 Å². The van der Waals surface area contributed by atoms with E-state index in [2.05, 4.69) is 37.1 Å². The largest absolute Gasteiger partial charge is 0.490 e. The van der Waals surface area contributed by atoms with Gasteiger partial charge >= 0.3 is 11.8 Å². The molecule has 3 amide bonds. The van der Waals surface area contributed by atoms with Gasteiger partial charge in [-0.15, -0.1) is 0 Å². The van der Waals surface area contributed by atoms with E-state index in [9.17, 15) is 14.4 Å². The van der Waals surface area contributed by atoms with E-state index in [1.165, 1.54) is 6.21 Å². The summed E-state index contributed by atoms with van der Waals surface area (Å²) in [6.07, 6.45) is 3.15. The zero-order valence-corrected chi connectivity index (χ0v) is 19.0. The summed E-state index contributed by atoms with van der Waals surface area (Å²) >= 11 is 3.41. The summed E-state index contributed by atoms with van der Waals surface area (Å²) in [6, 6.07) is 12.5. The van der Waals surface area contributed by atoms with Gasteiger partial charge in [0.25, 0.3) is 5.91 Å². The monoisotopic (exact) mass is 502 g/mol. The lowest BCUT2D eigenvalue weighted by atomic mass is 10.2. The van der Waals surface area contributed by atoms with Crippen LogP contribution in [-0.2, 0) is 14.4 Å². The second-order valence-corrected chi connectivity index (χ2v) is 7.77. The van der Waals surface area contributed by atoms with Crippen LogP contribution in [0.25, 0.3) is 0 Å². The Morgan fingerprint density at radius 3 is 2.56 bits per heavy atom. The number of halogens is 1. The van der Waals surface area contributed by atoms with Gasteiger partial charge in [0.05, 0.1) is 17.3 Å². The Kier molecular flexibility index (Phi) is 8.20. The molecule has 0 unspecified atom stereocenters. The molecule has 2 aromatic rings. The van der Waals surface area contributed by atoms with Crippen molar-refractivity contribution >= 4 is 45.6 Å². The van der Waals surface area contributed by atoms with E-state index in [-0.39, 0.29) is 18.6 Å². The van der Waals surface area contributed by atoms with E-state index in [1.54, 1.807) is 24.3 Å². The topological polar surface area (TPSA) is 118 Å². The molecule has 9 nitrogen and oxygen atoms in total. The van der Waals surface area contributed by atoms with Gasteiger partial charge < -0.3 is 20.1 Å². The normalized spacial score (nSPS) is 12.8. The first-order valence-electron chi connectivity index (χ1n) is 10.0. The number of nitrogens with zero attached hydrogens (tertiary/aromatic N) is 1. The van der Waals surface area contributed by atoms with E-state index in [1.807, 2.05) is 25.1 Å². The van der Waals surface area contributed by atoms with Crippen molar-refractivity contribution in [1.82, 2.24) is 10.7 Å². The van der Waals surface area contributed by atoms with Crippen molar-refractivity contribution in [1.29, 1.82) is 0 Å². The molecule has 1 aliphatic rings. The van der Waals surface area contributed by atoms with Gasteiger partial charge in [0.15, 0.2) is 18.1 Å². The lowest BCUT2D eigenvalue weighted by Crippen LogP contribution is -2.38. The minimum absolute atomic E-state index is 0.0873. The molecule has 3 rings (SSSR count). The van der Waals surface area contributed by atoms with Crippen molar-refractivity contribution in [2.24, 2.45) is 5.10 Å². The van der Waals surface area contributed by atoms with Crippen molar-refractivity contribution in [2.75, 3.05) is 18.5 Å². The van der Waals surface area contributed by atoms with Gasteiger partial charge in [-0.05, 0) is 65.5 Å². The maximum Gasteiger partial charge on any atom is 0.329 e. The number of benzene rings is 2. The van der Waals surface area contributed by atoms with Gasteiger partial charge in [-0.3, -0.25) is 14.4 Å². The Morgan fingerprint density at radius 2 is 1.88 bits per heavy atom. The lowest BCUT2D eigenvalue weighted by Gasteiger charge is -2.14. The van der Waals surface area contributed by atoms with Gasteiger partial charge in [-0.1, -0.05) is 18.2 Å². The summed E-state index contributed by atoms with van der Waals surface area (Å²) in [6.45, 7) is 1.98. The van der Waals surface area contributed by atoms with Crippen molar-refractivity contribution in [3.8, 4) is 11.5 Å². The van der Waals surface area contributed by atoms with Crippen LogP contribution in [0.2, 0.25) is 0 Å². The van der Waals surface area contributed by atoms with Crippen molar-refractivity contribution < 1.29 is 23.9 Å². The number of carbonyl (C=O) groups is 3. The third-order valence-corrected chi connectivity index (χ3v) is 4.82. The number of rotatable bonds is 9. The van der Waals surface area contributed by atoms with Gasteiger partial charge in [0.2, 0.25) is 0 Å². The Bertz CT molecular complexity index is 1010. The van der Waals surface area contributed by atoms with Crippen LogP contribution in [0, 0.1) is 0 Å². The highest BCUT2D eigenvalue weighted by atomic mass is 79.9. The summed E-state index contributed by atoms with van der Waals surface area (Å²) in [5.41, 5.74) is 3.45. The third-order valence-electron chi connectivity index (χ3n) is 4.24. The molecular weight excluding hydrogens is 480 g/mol. The number of ether oxygens (including phenoxy) is 2. The van der Waals surface area contributed by atoms with Crippen LogP contribution >= 0.6 is 15.9 Å². The molecule has 2 aromatic carbocycles. The first-order chi connectivity index (χ1) is 15.5. The third kappa shape index (κ3) is 7.09. The molecule has 0 bridgehead atoms. The van der Waals surface area contributed by atoms with Crippen molar-refractivity contribution in [2.45, 2.75) is 25.8 Å². The number of anilines is 1. The smallest absolute Gasteiger partial charge is 0.329 e. The number of hydrogen-bond acceptors (Lipinski definition) is 6. The maximum atomic E-state index is 12.2. The molecule has 0 saturated heterocycles. The quantitative estimate of drug-likeness (QED) is 0.276. The highest BCUT2D eigenvalue weighted by Crippen LogP contribution is 2.36. The molecule has 32 heavy (non-hydrogen) atoms. The predicted molar refractivity (Wildman–Crippen MR) is 123 cm³/mol. The van der Waals surface area contributed by atoms with Gasteiger partial charge in [-0.25, -0.2) is 5.43 Å². The molecule has 1 saturated carbocycles. The van der Waals surface area contributed by atoms with E-state index >= 15 is 0 Å². The minimum Gasteiger partial charge on any atom is -0.490 e. The maximum absolute atomic E-state index is 12.2. The van der Waals surface area contributed by atoms with Crippen LogP contribution in [0.1, 0.15) is 25.3 Å². The summed E-state index contributed by atoms with van der Waals surface area (Å²) in [7, 11) is 0. The molecule has 0 heterocycles. The zero-order valence-electron chi connectivity index (χ0n) is 17.4. The standard InChI is InChI=1S/C22H23BrN4O5/c1-2-31-18-11-14(12-24-27-22(30)21(29)26-16-8-9-16)10-17(23)20(18)32-13-19(28)25-15-6-4-3-5-7-15/h3-7,10-12,16H,2,8-9,13H2,1H3,(H,25,28)(H,26,29)(H,27,30)/b24-12-. The van der Waals surface area contributed by atoms with E-state index in [0.717, 1.165) is 12.8 Å². The predicted octanol–water partition coefficient (Wildman–Crippen LogP) is 2.59. The molecule has 1 fully saturated rings. The first-order valence-corrected chi connectivity index (χ1v) is 10.8. The van der Waals surface area contributed by atoms with Gasteiger partial charge in [-0.2, -0.15) is 5.10 Å². The van der Waals surface area contributed by atoms with Crippen LogP contribution in [-0.4, -0.2) is 43.2 Å². The summed E-state index contributed by atoms with van der Waals surface area (Å²) in [4.78, 5) is 35.6. The SMILES string of the molecule is CCOc1cc(/C=N\NC(=O)C(=O)NC2CC2)cc(Br)c1OCC(=O)Nc1ccccc1. The fraction of sp³-hybridized carbons (Fsp3) is 0.273. The fourth-order valence-corrected chi connectivity index (χ4v) is 3.19. The van der Waals surface area contributed by atoms with E-state index in [0.29, 0.717) is 33.8 Å². The Balaban J connectivity index is 1.61. The molecule has 3 N–H and O–H groups in total. The average molecular weight is 503 g/mol. The Hall–Kier alpha value is -3.40. The lowest BCUT2D eigenvalue weighted by molar-refractivity contribution is -0.139. The average Bonchev–Trinajstić information content (AvgIpc) is 3.58. The van der Waals surface area contributed by atoms with Gasteiger partial charge in [0, 0.05) is 11.7 Å². The molecule has 0 atom stereocenters. The summed E-state index contributed by atoms with van der Waals surface area (Å²) in [5.74, 6) is -1.10. The van der Waals surface area contributed by atoms with Crippen molar-refractivity contribution in [3.63, 3.8) is 0 Å². The van der Waals surface area contributed by atoms with Crippen LogP contribution in [0.3, 0.4) is 0 Å². The Labute approximate surface area is 193 Å². The number of para-hydroxylation sites is 1. The van der Waals surface area contributed by atoms with Crippen LogP contribution in [0.5, 0.6) is 11.5 Å². The molecule has 10 heteroatoms. The number of hydrogen-bond donors (Lipinski definition) is 3. The number of carbonyl (C=O) groups excluding carboxylic acids is 3. The van der Waals surface area contributed by atoms with E-state index < -0.39 is 11.8 Å². The summed E-state index contributed by atoms with van der Waals surface area (Å²) < 4.78 is 11.8. The minimum atomic E-state index is -0.832. The Morgan fingerprint density at radius 1 is 1.12 bits per heavy atom. The molecule has 0 aliphatic heterocycles. The molecular formula is C22H23BrN4O5. The van der Waals surface area contributed by atoms with Crippen LogP contribution in [0.15, 0.2) is 52.0 Å². The molecule has 0 spiro atoms. The second-order valence-electron chi connectivity index (χ2n) is 6.91. The van der Waals surface area contributed by atoms with E-state index in [4.69, 9.17) is 9.47 Å². The van der Waals surface area contributed by atoms with Crippen LogP contribution in [0.4, 0.5) is 5.69 Å². The first kappa shape index (κ1) is 23.3. The molecule has 168 valence electrons. The highest BCUT2D eigenvalue weighted by molar-refractivity contribution is 9.10. The van der Waals surface area contributed by atoms with Crippen molar-refractivity contribution in [3.05, 3.63) is 52.5 Å². The summed E-state index contributed by atoms with van der Waals surface area (Å²) in [5, 5.41) is 9.14. The number of hydrazone groups is 1. The zero-order chi connectivity index (χ0) is 22.9. The molecule has 0 aromatic heterocycles. The number of amides is 3. The van der Waals surface area contributed by atoms with Crippen LogP contribution < -0.4 is 25.5 Å². The fourth-order valence-electron chi connectivity index (χ4n) is 2.62. The number of nitrogens with one attached hydrogen (secondary N) is 3. The highest BCUT2D eigenvalue weighted by Gasteiger charge is 2.26. The molecule has 0 radical (unpaired) electrons.